The lowest BCUT2D eigenvalue weighted by molar-refractivity contribution is -0.156. The zero-order valence-corrected chi connectivity index (χ0v) is 49.8. The summed E-state index contributed by atoms with van der Waals surface area (Å²) in [5.74, 6) is -0.187. The van der Waals surface area contributed by atoms with Crippen molar-refractivity contribution in [2.24, 2.45) is 0 Å². The van der Waals surface area contributed by atoms with Crippen molar-refractivity contribution in [1.29, 1.82) is 0 Å². The van der Waals surface area contributed by atoms with Gasteiger partial charge in [-0.2, -0.15) is 0 Å². The monoisotopic (exact) mass is 1060 g/mol. The Bertz CT molecular complexity index is 1240. The lowest BCUT2D eigenvalue weighted by Crippen LogP contribution is -2.29. The summed E-state index contributed by atoms with van der Waals surface area (Å²) in [6.07, 6.45) is 39.1. The van der Waals surface area contributed by atoms with Crippen LogP contribution in [0.1, 0.15) is 265 Å². The van der Waals surface area contributed by atoms with Gasteiger partial charge in [-0.15, -0.1) is 0 Å². The first-order valence-corrected chi connectivity index (χ1v) is 31.6. The molecule has 442 valence electrons. The Morgan fingerprint density at radius 3 is 1.21 bits per heavy atom. The summed E-state index contributed by atoms with van der Waals surface area (Å²) in [5.41, 5.74) is 1.19. The zero-order chi connectivity index (χ0) is 54.6. The van der Waals surface area contributed by atoms with E-state index in [-0.39, 0.29) is 30.8 Å². The van der Waals surface area contributed by atoms with E-state index in [9.17, 15) is 14.7 Å². The molecule has 11 heteroatoms. The van der Waals surface area contributed by atoms with E-state index in [4.69, 9.17) is 33.2 Å². The van der Waals surface area contributed by atoms with E-state index in [1.54, 1.807) is 0 Å². The first-order chi connectivity index (χ1) is 36.9. The van der Waals surface area contributed by atoms with Gasteiger partial charge in [-0.3, -0.25) is 9.59 Å². The number of hydrogen-bond acceptors (Lipinski definition) is 11. The number of nitrogens with zero attached hydrogens (tertiary/aromatic N) is 1. The molecule has 0 saturated carbocycles. The largest absolute Gasteiger partial charge is 0.466 e. The normalized spacial score (nSPS) is 11.5. The van der Waals surface area contributed by atoms with E-state index in [0.717, 1.165) is 136 Å². The molecule has 0 spiro atoms. The average molecular weight is 1060 g/mol. The number of carbonyl (C=O) groups excluding carboxylic acids is 2. The Morgan fingerprint density at radius 1 is 0.413 bits per heavy atom. The lowest BCUT2D eigenvalue weighted by Gasteiger charge is -2.21. The topological polar surface area (TPSA) is 122 Å². The summed E-state index contributed by atoms with van der Waals surface area (Å²) in [5, 5.41) is 9.52. The molecule has 1 rings (SSSR count). The highest BCUT2D eigenvalue weighted by atomic mass is 16.6. The zero-order valence-electron chi connectivity index (χ0n) is 49.8. The Labute approximate surface area is 462 Å². The fraction of sp³-hybridized carbons (Fsp3) is 0.875. The predicted molar refractivity (Wildman–Crippen MR) is 313 cm³/mol. The van der Waals surface area contributed by atoms with Crippen LogP contribution in [0.25, 0.3) is 0 Å². The van der Waals surface area contributed by atoms with Gasteiger partial charge in [0, 0.05) is 45.8 Å². The van der Waals surface area contributed by atoms with E-state index in [1.807, 2.05) is 18.2 Å². The Morgan fingerprint density at radius 2 is 0.773 bits per heavy atom. The molecule has 0 fully saturated rings. The van der Waals surface area contributed by atoms with Crippen molar-refractivity contribution in [3.63, 3.8) is 0 Å². The van der Waals surface area contributed by atoms with Crippen LogP contribution in [-0.4, -0.2) is 120 Å². The Balaban J connectivity index is 0.00000182. The minimum absolute atomic E-state index is 0.0116. The molecule has 75 heavy (non-hydrogen) atoms. The quantitative estimate of drug-likeness (QED) is 0.0496. The van der Waals surface area contributed by atoms with Gasteiger partial charge < -0.3 is 43.2 Å². The summed E-state index contributed by atoms with van der Waals surface area (Å²) >= 11 is 0. The second-order valence-electron chi connectivity index (χ2n) is 21.0. The third-order valence-corrected chi connectivity index (χ3v) is 13.5. The molecule has 0 aliphatic heterocycles. The van der Waals surface area contributed by atoms with E-state index in [1.165, 1.54) is 115 Å². The number of benzene rings is 1. The smallest absolute Gasteiger partial charge is 0.306 e. The van der Waals surface area contributed by atoms with E-state index >= 15 is 0 Å². The van der Waals surface area contributed by atoms with Gasteiger partial charge in [0.2, 0.25) is 0 Å². The molecular formula is C64H121NO10. The third-order valence-electron chi connectivity index (χ3n) is 13.5. The number of carbonyl (C=O) groups is 2. The second-order valence-corrected chi connectivity index (χ2v) is 21.0. The fourth-order valence-corrected chi connectivity index (χ4v) is 8.74. The molecule has 0 aromatic heterocycles. The van der Waals surface area contributed by atoms with Gasteiger partial charge in [0.25, 0.3) is 0 Å². The first-order valence-electron chi connectivity index (χ1n) is 31.6. The number of unbranched alkanes of at least 4 members (excludes halogenated alkanes) is 26. The lowest BCUT2D eigenvalue weighted by atomic mass is 10.1. The molecule has 0 bridgehead atoms. The molecule has 1 N–H and O–H groups in total. The Hall–Kier alpha value is -2.12. The fourth-order valence-electron chi connectivity index (χ4n) is 8.74. The van der Waals surface area contributed by atoms with Crippen LogP contribution in [0, 0.1) is 0 Å². The van der Waals surface area contributed by atoms with Crippen molar-refractivity contribution < 1.29 is 47.9 Å². The van der Waals surface area contributed by atoms with Gasteiger partial charge in [-0.25, -0.2) is 0 Å². The maximum atomic E-state index is 12.6. The van der Waals surface area contributed by atoms with Crippen LogP contribution in [0.5, 0.6) is 0 Å². The molecule has 0 heterocycles. The van der Waals surface area contributed by atoms with Crippen molar-refractivity contribution in [3.8, 4) is 0 Å². The van der Waals surface area contributed by atoms with Gasteiger partial charge >= 0.3 is 11.9 Å². The van der Waals surface area contributed by atoms with Crippen LogP contribution in [0.15, 0.2) is 30.3 Å². The number of aliphatic hydroxyl groups is 1. The van der Waals surface area contributed by atoms with Gasteiger partial charge in [-0.1, -0.05) is 219 Å². The number of rotatable bonds is 58. The molecule has 0 aliphatic carbocycles. The van der Waals surface area contributed by atoms with Gasteiger partial charge in [-0.05, 0) is 76.4 Å². The standard InChI is InChI=1S/C42H83NO7.C22H38O3/c1-4-7-10-13-14-21-28-37-49-41(45)29-22-17-15-19-24-31-43(33-34-44)32-25-20-16-18-23-30-42(46)50-40(38-47-35-26-11-8-5-2)39-48-36-27-12-9-6-3;1-3-5-7-12-16-23-19-22(20-24-17-13-8-6-4-2)25-18-21-14-10-9-11-15-21/h40,44H,4-39H2,1-3H3;9-11,14-15,22H,3-8,12-13,16-20H2,1-2H3. The second kappa shape index (κ2) is 61.1. The summed E-state index contributed by atoms with van der Waals surface area (Å²) in [4.78, 5) is 26.9. The molecule has 0 saturated heterocycles. The number of esters is 2. The van der Waals surface area contributed by atoms with E-state index in [2.05, 4.69) is 51.7 Å². The van der Waals surface area contributed by atoms with Gasteiger partial charge in [0.15, 0.2) is 0 Å². The van der Waals surface area contributed by atoms with Crippen molar-refractivity contribution >= 4 is 11.9 Å². The molecule has 0 atom stereocenters. The van der Waals surface area contributed by atoms with Gasteiger partial charge in [0.05, 0.1) is 46.2 Å². The van der Waals surface area contributed by atoms with Crippen molar-refractivity contribution in [3.05, 3.63) is 35.9 Å². The van der Waals surface area contributed by atoms with Crippen LogP contribution in [0.2, 0.25) is 0 Å². The molecule has 1 aromatic carbocycles. The van der Waals surface area contributed by atoms with Crippen LogP contribution >= 0.6 is 0 Å². The molecule has 1 aromatic rings. The number of ether oxygens (including phenoxy) is 7. The average Bonchev–Trinajstić information content (AvgIpc) is 3.42. The van der Waals surface area contributed by atoms with E-state index < -0.39 is 0 Å². The number of hydrogen-bond donors (Lipinski definition) is 1. The van der Waals surface area contributed by atoms with Crippen molar-refractivity contribution in [2.75, 3.05) is 85.7 Å². The molecule has 0 radical (unpaired) electrons. The molecular weight excluding hydrogens is 943 g/mol. The molecule has 0 unspecified atom stereocenters. The maximum Gasteiger partial charge on any atom is 0.306 e. The predicted octanol–water partition coefficient (Wildman–Crippen LogP) is 16.1. The molecule has 0 aliphatic rings. The third kappa shape index (κ3) is 55.0. The molecule has 0 amide bonds. The van der Waals surface area contributed by atoms with Crippen molar-refractivity contribution in [1.82, 2.24) is 4.90 Å². The Kier molecular flexibility index (Phi) is 59.4. The summed E-state index contributed by atoms with van der Waals surface area (Å²) < 4.78 is 40.5. The maximum absolute atomic E-state index is 12.6. The highest BCUT2D eigenvalue weighted by Gasteiger charge is 2.16. The highest BCUT2D eigenvalue weighted by molar-refractivity contribution is 5.69. The summed E-state index contributed by atoms with van der Waals surface area (Å²) in [7, 11) is 0. The van der Waals surface area contributed by atoms with Crippen LogP contribution in [0.3, 0.4) is 0 Å². The summed E-state index contributed by atoms with van der Waals surface area (Å²) in [6, 6.07) is 10.3. The first kappa shape index (κ1) is 72.9. The van der Waals surface area contributed by atoms with Gasteiger partial charge in [0.1, 0.15) is 12.2 Å². The SMILES string of the molecule is CCCCCCCCCOC(=O)CCCCCCCN(CCO)CCCCCCCC(=O)OC(COCCCCCC)COCCCCCC.CCCCCCOCC(COCCCCCC)OCc1ccccc1. The highest BCUT2D eigenvalue weighted by Crippen LogP contribution is 2.13. The summed E-state index contributed by atoms with van der Waals surface area (Å²) in [6.45, 7) is 20.3. The minimum Gasteiger partial charge on any atom is -0.466 e. The minimum atomic E-state index is -0.328. The van der Waals surface area contributed by atoms with Crippen molar-refractivity contribution in [2.45, 2.75) is 278 Å². The van der Waals surface area contributed by atoms with Crippen LogP contribution in [0.4, 0.5) is 0 Å². The van der Waals surface area contributed by atoms with Crippen LogP contribution in [-0.2, 0) is 49.4 Å². The van der Waals surface area contributed by atoms with Crippen LogP contribution < -0.4 is 0 Å². The molecule has 11 nitrogen and oxygen atoms in total. The van der Waals surface area contributed by atoms with E-state index in [0.29, 0.717) is 65.7 Å². The number of aliphatic hydroxyl groups excluding tert-OH is 1.